The molecule has 0 aromatic heterocycles. The summed E-state index contributed by atoms with van der Waals surface area (Å²) in [5.41, 5.74) is 0. The van der Waals surface area contributed by atoms with Crippen LogP contribution in [0.1, 0.15) is 0 Å². The van der Waals surface area contributed by atoms with E-state index in [9.17, 15) is 57.8 Å². The van der Waals surface area contributed by atoms with Crippen molar-refractivity contribution in [2.45, 2.75) is 42.6 Å². The molecule has 0 rings (SSSR count). The summed E-state index contributed by atoms with van der Waals surface area (Å²) in [6, 6.07) is 0. The zero-order chi connectivity index (χ0) is 16.7. The van der Waals surface area contributed by atoms with E-state index in [2.05, 4.69) is 0 Å². The van der Waals surface area contributed by atoms with Crippen LogP contribution >= 0.6 is 0 Å². The van der Waals surface area contributed by atoms with Crippen LogP contribution in [0.2, 0.25) is 0 Å². The van der Waals surface area contributed by atoms with E-state index in [0.717, 1.165) is 0 Å². The van der Waals surface area contributed by atoms with Gasteiger partial charge in [-0.3, -0.25) is 0 Å². The van der Waals surface area contributed by atoms with E-state index in [4.69, 9.17) is 0 Å². The second-order valence-corrected chi connectivity index (χ2v) is 3.47. The summed E-state index contributed by atoms with van der Waals surface area (Å²) in [6.07, 6.45) is -21.5. The number of hydrogen-bond acceptors (Lipinski definition) is 1. The minimum atomic E-state index is -7.41. The molecule has 2 atom stereocenters. The first kappa shape index (κ1) is 23.0. The van der Waals surface area contributed by atoms with Crippen LogP contribution in [-0.4, -0.2) is 42.6 Å². The topological polar surface area (TPSA) is 23.1 Å². The van der Waals surface area contributed by atoms with Gasteiger partial charge in [0.2, 0.25) is 6.17 Å². The summed E-state index contributed by atoms with van der Waals surface area (Å²) in [5.74, 6) is -21.8. The van der Waals surface area contributed by atoms with Gasteiger partial charge in [0.15, 0.2) is 6.17 Å². The Morgan fingerprint density at radius 3 is 1.24 bits per heavy atom. The number of hydrogen-bond donors (Lipinski definition) is 0. The molecule has 0 radical (unpaired) electrons. The molecule has 21 heavy (non-hydrogen) atoms. The molecular formula is C7H3F12LiO. The molecule has 0 bridgehead atoms. The van der Waals surface area contributed by atoms with E-state index in [-0.39, 0.29) is 18.9 Å². The third-order valence-corrected chi connectivity index (χ3v) is 2.05. The van der Waals surface area contributed by atoms with Crippen LogP contribution in [0.5, 0.6) is 0 Å². The molecule has 0 saturated carbocycles. The maximum Gasteiger partial charge on any atom is 1.00 e. The smallest absolute Gasteiger partial charge is 0.793 e. The first-order valence-corrected chi connectivity index (χ1v) is 4.29. The maximum atomic E-state index is 12.6. The molecule has 0 aromatic rings. The van der Waals surface area contributed by atoms with Gasteiger partial charge in [0, 0.05) is 0 Å². The van der Waals surface area contributed by atoms with Gasteiger partial charge in [-0.05, 0) is 0 Å². The number of rotatable bonds is 6. The van der Waals surface area contributed by atoms with Crippen molar-refractivity contribution >= 4 is 0 Å². The second kappa shape index (κ2) is 6.45. The predicted octanol–water partition coefficient (Wildman–Crippen LogP) is -0.209. The molecule has 2 unspecified atom stereocenters. The van der Waals surface area contributed by atoms with Crippen LogP contribution < -0.4 is 24.0 Å². The van der Waals surface area contributed by atoms with Crippen LogP contribution in [-0.2, 0) is 0 Å². The van der Waals surface area contributed by atoms with E-state index >= 15 is 0 Å². The molecule has 0 amide bonds. The zero-order valence-corrected chi connectivity index (χ0v) is 9.68. The quantitative estimate of drug-likeness (QED) is 0.486. The van der Waals surface area contributed by atoms with Crippen molar-refractivity contribution in [3.05, 3.63) is 0 Å². The van der Waals surface area contributed by atoms with Crippen molar-refractivity contribution < 1.29 is 76.7 Å². The van der Waals surface area contributed by atoms with Gasteiger partial charge in [0.05, 0.1) is 0 Å². The molecule has 122 valence electrons. The van der Waals surface area contributed by atoms with E-state index in [1.165, 1.54) is 0 Å². The average Bonchev–Trinajstić information content (AvgIpc) is 2.24. The van der Waals surface area contributed by atoms with Gasteiger partial charge in [0.1, 0.15) is 0 Å². The molecule has 0 saturated heterocycles. The van der Waals surface area contributed by atoms with Crippen molar-refractivity contribution in [3.63, 3.8) is 0 Å². The van der Waals surface area contributed by atoms with Gasteiger partial charge in [0.25, 0.3) is 12.5 Å². The minimum Gasteiger partial charge on any atom is -0.793 e. The van der Waals surface area contributed by atoms with Crippen LogP contribution in [0.25, 0.3) is 0 Å². The molecular weight excluding hydrogens is 335 g/mol. The van der Waals surface area contributed by atoms with Gasteiger partial charge in [-0.25, -0.2) is 26.3 Å². The van der Waals surface area contributed by atoms with Crippen molar-refractivity contribution in [3.8, 4) is 0 Å². The minimum absolute atomic E-state index is 0. The van der Waals surface area contributed by atoms with Crippen molar-refractivity contribution in [2.24, 2.45) is 0 Å². The monoisotopic (exact) mass is 338 g/mol. The van der Waals surface area contributed by atoms with Gasteiger partial charge in [-0.1, -0.05) is 0 Å². The molecule has 0 spiro atoms. The Balaban J connectivity index is 0. The number of halogens is 12. The van der Waals surface area contributed by atoms with Crippen LogP contribution in [0.15, 0.2) is 0 Å². The van der Waals surface area contributed by atoms with Crippen molar-refractivity contribution in [1.82, 2.24) is 0 Å². The molecule has 0 N–H and O–H groups in total. The fraction of sp³-hybridized carbons (Fsp3) is 1.00. The SMILES string of the molecule is [Li+].[O-]C(F)(F)C(F)(F)C(F)(F)C(F)(F)C(F)C(F)C(F)F. The zero-order valence-electron chi connectivity index (χ0n) is 9.68. The van der Waals surface area contributed by atoms with E-state index < -0.39 is 42.6 Å². The predicted molar refractivity (Wildman–Crippen MR) is 35.6 cm³/mol. The number of alkyl halides is 12. The van der Waals surface area contributed by atoms with Crippen molar-refractivity contribution in [1.29, 1.82) is 0 Å². The van der Waals surface area contributed by atoms with Gasteiger partial charge < -0.3 is 5.11 Å². The van der Waals surface area contributed by atoms with Gasteiger partial charge >= 0.3 is 36.6 Å². The summed E-state index contributed by atoms with van der Waals surface area (Å²) < 4.78 is 146. The molecule has 14 heteroatoms. The summed E-state index contributed by atoms with van der Waals surface area (Å²) in [5, 5.41) is 9.48. The molecule has 0 fully saturated rings. The Labute approximate surface area is 120 Å². The first-order valence-electron chi connectivity index (χ1n) is 4.29. The molecule has 0 aliphatic carbocycles. The molecule has 0 heterocycles. The third kappa shape index (κ3) is 3.73. The Morgan fingerprint density at radius 1 is 0.667 bits per heavy atom. The van der Waals surface area contributed by atoms with E-state index in [1.807, 2.05) is 0 Å². The van der Waals surface area contributed by atoms with Crippen LogP contribution in [0.3, 0.4) is 0 Å². The maximum absolute atomic E-state index is 12.6. The molecule has 1 nitrogen and oxygen atoms in total. The average molecular weight is 338 g/mol. The van der Waals surface area contributed by atoms with Gasteiger partial charge in [-0.2, -0.15) is 26.3 Å². The summed E-state index contributed by atoms with van der Waals surface area (Å²) in [7, 11) is 0. The Hall–Kier alpha value is -0.283. The molecule has 0 aromatic carbocycles. The second-order valence-electron chi connectivity index (χ2n) is 3.47. The van der Waals surface area contributed by atoms with E-state index in [0.29, 0.717) is 0 Å². The van der Waals surface area contributed by atoms with Gasteiger partial charge in [-0.15, -0.1) is 0 Å². The Morgan fingerprint density at radius 2 is 1.00 bits per heavy atom. The first-order chi connectivity index (χ1) is 8.51. The van der Waals surface area contributed by atoms with Crippen LogP contribution in [0.4, 0.5) is 52.7 Å². The Bertz CT molecular complexity index is 339. The summed E-state index contributed by atoms with van der Waals surface area (Å²) in [6.45, 7) is 0. The standard InChI is InChI=1S/C7H3F12O.Li/c8-1(3(10)11)2(9)4(12,13)5(14,15)6(16,17)7(18,19)20;/h1-3H;/q-1;+1. The summed E-state index contributed by atoms with van der Waals surface area (Å²) in [4.78, 5) is 0. The molecule has 0 aliphatic heterocycles. The van der Waals surface area contributed by atoms with Crippen LogP contribution in [0, 0.1) is 0 Å². The van der Waals surface area contributed by atoms with E-state index in [1.54, 1.807) is 0 Å². The Kier molecular flexibility index (Phi) is 7.06. The fourth-order valence-corrected chi connectivity index (χ4v) is 0.893. The molecule has 0 aliphatic rings. The van der Waals surface area contributed by atoms with Crippen molar-refractivity contribution in [2.75, 3.05) is 0 Å². The fourth-order valence-electron chi connectivity index (χ4n) is 0.893. The normalized spacial score (nSPS) is 17.4. The largest absolute Gasteiger partial charge is 1.00 e. The third-order valence-electron chi connectivity index (χ3n) is 2.05. The summed E-state index contributed by atoms with van der Waals surface area (Å²) >= 11 is 0.